The Morgan fingerprint density at radius 1 is 0.951 bits per heavy atom. The summed E-state index contributed by atoms with van der Waals surface area (Å²) in [5.41, 5.74) is 1.89. The number of para-hydroxylation sites is 2. The molecule has 0 unspecified atom stereocenters. The summed E-state index contributed by atoms with van der Waals surface area (Å²) in [5, 5.41) is 8.66. The average Bonchev–Trinajstić information content (AvgIpc) is 3.44. The summed E-state index contributed by atoms with van der Waals surface area (Å²) in [7, 11) is 6.07. The first-order valence-electron chi connectivity index (χ1n) is 12.9. The van der Waals surface area contributed by atoms with Crippen LogP contribution >= 0.6 is 0 Å². The van der Waals surface area contributed by atoms with Crippen LogP contribution in [0.5, 0.6) is 17.2 Å². The summed E-state index contributed by atoms with van der Waals surface area (Å²) in [6.07, 6.45) is 0.258. The van der Waals surface area contributed by atoms with E-state index >= 15 is 0 Å². The van der Waals surface area contributed by atoms with Gasteiger partial charge in [0.1, 0.15) is 18.1 Å². The maximum Gasteiger partial charge on any atom is 0.322 e. The average molecular weight is 565 g/mol. The Morgan fingerprint density at radius 2 is 1.66 bits per heavy atom. The monoisotopic (exact) mass is 564 g/mol. The number of hydrazone groups is 1. The predicted molar refractivity (Wildman–Crippen MR) is 152 cm³/mol. The number of anilines is 1. The number of nitrogens with one attached hydrogen (secondary N) is 1. The largest absolute Gasteiger partial charge is 0.495 e. The molecule has 0 fully saturated rings. The van der Waals surface area contributed by atoms with Gasteiger partial charge >= 0.3 is 6.03 Å². The summed E-state index contributed by atoms with van der Waals surface area (Å²) < 4.78 is 36.1. The van der Waals surface area contributed by atoms with E-state index in [2.05, 4.69) is 10.4 Å². The molecule has 0 radical (unpaired) electrons. The zero-order chi connectivity index (χ0) is 29.4. The molecule has 0 saturated carbocycles. The molecule has 1 N–H and O–H groups in total. The number of methoxy groups -OCH3 is 4. The van der Waals surface area contributed by atoms with Gasteiger partial charge in [-0.2, -0.15) is 5.10 Å². The lowest BCUT2D eigenvalue weighted by Crippen LogP contribution is -2.44. The molecule has 1 aliphatic heterocycles. The molecule has 0 saturated heterocycles. The lowest BCUT2D eigenvalue weighted by Gasteiger charge is -2.27. The predicted octanol–water partition coefficient (Wildman–Crippen LogP) is 4.71. The standard InChI is InChI=1S/C30H33FN4O6/c1-38-16-15-34(30(37)32-23-11-7-8-12-26(23)39-2)19-29(36)35-25(20-13-14-27(40-3)28(17-20)41-4)18-24(33-35)21-9-5-6-10-22(21)31/h5-14,17,25H,15-16,18-19H2,1-4H3,(H,32,37)/t25-/m1/s1. The Bertz CT molecular complexity index is 1420. The molecule has 0 aromatic heterocycles. The van der Waals surface area contributed by atoms with Crippen molar-refractivity contribution in [3.63, 3.8) is 0 Å². The number of carbonyl (C=O) groups is 2. The topological polar surface area (TPSA) is 102 Å². The molecule has 3 amide bonds. The molecule has 4 rings (SSSR count). The van der Waals surface area contributed by atoms with Gasteiger partial charge in [0.05, 0.1) is 45.4 Å². The first-order valence-corrected chi connectivity index (χ1v) is 12.9. The van der Waals surface area contributed by atoms with Crippen LogP contribution in [-0.4, -0.2) is 75.7 Å². The minimum Gasteiger partial charge on any atom is -0.495 e. The van der Waals surface area contributed by atoms with Crippen LogP contribution in [0.25, 0.3) is 0 Å². The van der Waals surface area contributed by atoms with E-state index in [4.69, 9.17) is 18.9 Å². The van der Waals surface area contributed by atoms with Crippen LogP contribution in [0.3, 0.4) is 0 Å². The first kappa shape index (κ1) is 29.3. The van der Waals surface area contributed by atoms with E-state index in [1.54, 1.807) is 54.6 Å². The van der Waals surface area contributed by atoms with Gasteiger partial charge in [-0.15, -0.1) is 0 Å². The quantitative estimate of drug-likeness (QED) is 0.362. The molecule has 0 bridgehead atoms. The van der Waals surface area contributed by atoms with Crippen LogP contribution in [0.1, 0.15) is 23.6 Å². The van der Waals surface area contributed by atoms with Crippen LogP contribution in [0.4, 0.5) is 14.9 Å². The van der Waals surface area contributed by atoms with Crippen LogP contribution < -0.4 is 19.5 Å². The third-order valence-electron chi connectivity index (χ3n) is 6.67. The summed E-state index contributed by atoms with van der Waals surface area (Å²) in [5.74, 6) is 0.591. The van der Waals surface area contributed by atoms with Gasteiger partial charge in [0.15, 0.2) is 11.5 Å². The first-order chi connectivity index (χ1) is 19.9. The SMILES string of the molecule is COCCN(CC(=O)N1N=C(c2ccccc2F)C[C@@H]1c1ccc(OC)c(OC)c1)C(=O)Nc1ccccc1OC. The molecule has 0 aliphatic carbocycles. The van der Waals surface area contributed by atoms with Crippen molar-refractivity contribution < 1.29 is 32.9 Å². The molecule has 1 aliphatic rings. The lowest BCUT2D eigenvalue weighted by atomic mass is 9.97. The number of nitrogens with zero attached hydrogens (tertiary/aromatic N) is 3. The summed E-state index contributed by atoms with van der Waals surface area (Å²) in [6.45, 7) is 0.0413. The van der Waals surface area contributed by atoms with Crippen molar-refractivity contribution in [3.05, 3.63) is 83.7 Å². The highest BCUT2D eigenvalue weighted by atomic mass is 19.1. The molecule has 10 nitrogen and oxygen atoms in total. The third-order valence-corrected chi connectivity index (χ3v) is 6.67. The normalized spacial score (nSPS) is 14.3. The van der Waals surface area contributed by atoms with Crippen molar-refractivity contribution in [2.45, 2.75) is 12.5 Å². The number of amides is 3. The number of halogens is 1. The number of carbonyl (C=O) groups excluding carboxylic acids is 2. The molecule has 3 aromatic carbocycles. The van der Waals surface area contributed by atoms with Crippen LogP contribution in [0.15, 0.2) is 71.8 Å². The van der Waals surface area contributed by atoms with E-state index < -0.39 is 23.8 Å². The van der Waals surface area contributed by atoms with Gasteiger partial charge in [0, 0.05) is 25.6 Å². The molecule has 1 atom stereocenters. The molecule has 1 heterocycles. The van der Waals surface area contributed by atoms with Gasteiger partial charge < -0.3 is 29.2 Å². The van der Waals surface area contributed by atoms with Gasteiger partial charge in [0.25, 0.3) is 5.91 Å². The van der Waals surface area contributed by atoms with E-state index in [1.807, 2.05) is 6.07 Å². The van der Waals surface area contributed by atoms with Crippen molar-refractivity contribution in [1.82, 2.24) is 9.91 Å². The van der Waals surface area contributed by atoms with E-state index in [1.165, 1.54) is 44.4 Å². The number of hydrogen-bond acceptors (Lipinski definition) is 7. The van der Waals surface area contributed by atoms with Crippen molar-refractivity contribution in [2.75, 3.05) is 53.5 Å². The second-order valence-corrected chi connectivity index (χ2v) is 9.14. The molecular weight excluding hydrogens is 531 g/mol. The van der Waals surface area contributed by atoms with E-state index in [-0.39, 0.29) is 26.1 Å². The Kier molecular flexibility index (Phi) is 9.75. The molecule has 216 valence electrons. The second-order valence-electron chi connectivity index (χ2n) is 9.14. The fraction of sp³-hybridized carbons (Fsp3) is 0.300. The number of ether oxygens (including phenoxy) is 4. The fourth-order valence-corrected chi connectivity index (χ4v) is 4.55. The number of rotatable bonds is 11. The van der Waals surface area contributed by atoms with Crippen LogP contribution in [0, 0.1) is 5.82 Å². The highest BCUT2D eigenvalue weighted by Crippen LogP contribution is 2.37. The van der Waals surface area contributed by atoms with E-state index in [0.29, 0.717) is 39.8 Å². The zero-order valence-corrected chi connectivity index (χ0v) is 23.4. The van der Waals surface area contributed by atoms with E-state index in [9.17, 15) is 14.0 Å². The van der Waals surface area contributed by atoms with Gasteiger partial charge in [-0.1, -0.05) is 36.4 Å². The molecule has 3 aromatic rings. The Labute approximate surface area is 238 Å². The van der Waals surface area contributed by atoms with Crippen molar-refractivity contribution in [1.29, 1.82) is 0 Å². The maximum atomic E-state index is 14.7. The number of hydrogen-bond donors (Lipinski definition) is 1. The van der Waals surface area contributed by atoms with Crippen molar-refractivity contribution in [3.8, 4) is 17.2 Å². The highest BCUT2D eigenvalue weighted by molar-refractivity contribution is 6.03. The van der Waals surface area contributed by atoms with Crippen LogP contribution in [0.2, 0.25) is 0 Å². The Balaban J connectivity index is 1.64. The third kappa shape index (κ3) is 6.75. The Morgan fingerprint density at radius 3 is 2.37 bits per heavy atom. The summed E-state index contributed by atoms with van der Waals surface area (Å²) >= 11 is 0. The molecule has 41 heavy (non-hydrogen) atoms. The van der Waals surface area contributed by atoms with Gasteiger partial charge in [0.2, 0.25) is 0 Å². The molecular formula is C30H33FN4O6. The van der Waals surface area contributed by atoms with Gasteiger partial charge in [-0.25, -0.2) is 14.2 Å². The van der Waals surface area contributed by atoms with Gasteiger partial charge in [-0.3, -0.25) is 4.79 Å². The van der Waals surface area contributed by atoms with Crippen molar-refractivity contribution in [2.24, 2.45) is 5.10 Å². The minimum atomic E-state index is -0.571. The van der Waals surface area contributed by atoms with Crippen molar-refractivity contribution >= 4 is 23.3 Å². The summed E-state index contributed by atoms with van der Waals surface area (Å²) in [6, 6.07) is 17.5. The maximum absolute atomic E-state index is 14.7. The minimum absolute atomic E-state index is 0.141. The molecule has 11 heteroatoms. The Hall–Kier alpha value is -4.64. The summed E-state index contributed by atoms with van der Waals surface area (Å²) in [4.78, 5) is 28.4. The zero-order valence-electron chi connectivity index (χ0n) is 23.4. The smallest absolute Gasteiger partial charge is 0.322 e. The molecule has 0 spiro atoms. The van der Waals surface area contributed by atoms with Crippen LogP contribution in [-0.2, 0) is 9.53 Å². The highest BCUT2D eigenvalue weighted by Gasteiger charge is 2.35. The van der Waals surface area contributed by atoms with Gasteiger partial charge in [-0.05, 0) is 35.9 Å². The van der Waals surface area contributed by atoms with E-state index in [0.717, 1.165) is 0 Å². The fourth-order valence-electron chi connectivity index (χ4n) is 4.55. The second kappa shape index (κ2) is 13.6. The number of benzene rings is 3. The number of urea groups is 1. The lowest BCUT2D eigenvalue weighted by molar-refractivity contribution is -0.133.